The van der Waals surface area contributed by atoms with Gasteiger partial charge in [-0.2, -0.15) is 0 Å². The van der Waals surface area contributed by atoms with E-state index in [2.05, 4.69) is 12.1 Å². The molecule has 0 unspecified atom stereocenters. The number of thiophene rings is 1. The summed E-state index contributed by atoms with van der Waals surface area (Å²) in [5, 5.41) is 1.15. The molecule has 1 fully saturated rings. The van der Waals surface area contributed by atoms with Crippen molar-refractivity contribution in [3.8, 4) is 0 Å². The summed E-state index contributed by atoms with van der Waals surface area (Å²) in [5.74, 6) is 0.117. The van der Waals surface area contributed by atoms with Crippen LogP contribution in [0.2, 0.25) is 0 Å². The van der Waals surface area contributed by atoms with Crippen molar-refractivity contribution in [3.63, 3.8) is 0 Å². The Kier molecular flexibility index (Phi) is 4.47. The Morgan fingerprint density at radius 2 is 1.38 bits per heavy atom. The number of nitrogens with zero attached hydrogens (tertiary/aromatic N) is 2. The molecule has 0 spiro atoms. The van der Waals surface area contributed by atoms with E-state index in [0.717, 1.165) is 20.5 Å². The van der Waals surface area contributed by atoms with Gasteiger partial charge in [-0.15, -0.1) is 11.3 Å². The van der Waals surface area contributed by atoms with Crippen LogP contribution in [-0.4, -0.2) is 47.8 Å². The number of fused-ring (bicyclic) bond motifs is 1. The molecule has 1 aliphatic heterocycles. The lowest BCUT2D eigenvalue weighted by Crippen LogP contribution is -2.50. The van der Waals surface area contributed by atoms with Crippen molar-refractivity contribution in [1.82, 2.24) is 9.80 Å². The number of aryl methyl sites for hydroxylation is 1. The number of rotatable bonds is 2. The minimum absolute atomic E-state index is 0.0377. The predicted molar refractivity (Wildman–Crippen MR) is 105 cm³/mol. The number of carbonyl (C=O) groups is 2. The number of amides is 2. The van der Waals surface area contributed by atoms with Gasteiger partial charge in [0.05, 0.1) is 4.88 Å². The Morgan fingerprint density at radius 1 is 0.808 bits per heavy atom. The molecule has 1 saturated heterocycles. The smallest absolute Gasteiger partial charge is 0.264 e. The van der Waals surface area contributed by atoms with E-state index in [-0.39, 0.29) is 11.8 Å². The highest BCUT2D eigenvalue weighted by atomic mass is 32.1. The van der Waals surface area contributed by atoms with Gasteiger partial charge in [0.25, 0.3) is 11.8 Å². The van der Waals surface area contributed by atoms with Gasteiger partial charge in [0, 0.05) is 36.4 Å². The van der Waals surface area contributed by atoms with Gasteiger partial charge >= 0.3 is 0 Å². The van der Waals surface area contributed by atoms with Crippen LogP contribution in [0, 0.1) is 6.92 Å². The highest BCUT2D eigenvalue weighted by Gasteiger charge is 2.27. The van der Waals surface area contributed by atoms with Crippen LogP contribution in [0.1, 0.15) is 25.6 Å². The van der Waals surface area contributed by atoms with Crippen LogP contribution in [0.3, 0.4) is 0 Å². The zero-order valence-corrected chi connectivity index (χ0v) is 15.5. The van der Waals surface area contributed by atoms with E-state index in [4.69, 9.17) is 0 Å². The number of carbonyl (C=O) groups excluding carboxylic acids is 2. The lowest BCUT2D eigenvalue weighted by Gasteiger charge is -2.34. The van der Waals surface area contributed by atoms with Crippen molar-refractivity contribution < 1.29 is 9.59 Å². The molecule has 0 atom stereocenters. The fraction of sp³-hybridized carbons (Fsp3) is 0.238. The maximum absolute atomic E-state index is 13.0. The van der Waals surface area contributed by atoms with Gasteiger partial charge in [-0.3, -0.25) is 9.59 Å². The first-order valence-corrected chi connectivity index (χ1v) is 9.58. The van der Waals surface area contributed by atoms with Crippen molar-refractivity contribution in [2.75, 3.05) is 26.2 Å². The topological polar surface area (TPSA) is 40.6 Å². The van der Waals surface area contributed by atoms with E-state index >= 15 is 0 Å². The molecule has 0 radical (unpaired) electrons. The number of piperazine rings is 1. The van der Waals surface area contributed by atoms with E-state index in [0.29, 0.717) is 31.7 Å². The first-order chi connectivity index (χ1) is 12.6. The van der Waals surface area contributed by atoms with Gasteiger partial charge in [0.15, 0.2) is 0 Å². The van der Waals surface area contributed by atoms with Crippen molar-refractivity contribution in [1.29, 1.82) is 0 Å². The number of hydrogen-bond donors (Lipinski definition) is 0. The second kappa shape index (κ2) is 6.92. The summed E-state index contributed by atoms with van der Waals surface area (Å²) in [5.41, 5.74) is 1.76. The Bertz CT molecular complexity index is 957. The molecule has 3 aromatic rings. The van der Waals surface area contributed by atoms with Gasteiger partial charge in [0.1, 0.15) is 0 Å². The van der Waals surface area contributed by atoms with E-state index in [9.17, 15) is 9.59 Å². The maximum atomic E-state index is 13.0. The normalized spacial score (nSPS) is 14.7. The van der Waals surface area contributed by atoms with Crippen molar-refractivity contribution >= 4 is 33.2 Å². The average Bonchev–Trinajstić information content (AvgIpc) is 3.04. The quantitative estimate of drug-likeness (QED) is 0.694. The molecule has 1 aromatic heterocycles. The summed E-state index contributed by atoms with van der Waals surface area (Å²) in [4.78, 5) is 30.0. The van der Waals surface area contributed by atoms with E-state index < -0.39 is 0 Å². The molecule has 2 heterocycles. The lowest BCUT2D eigenvalue weighted by atomic mass is 10.1. The summed E-state index contributed by atoms with van der Waals surface area (Å²) in [6, 6.07) is 17.4. The third-order valence-electron chi connectivity index (χ3n) is 4.91. The maximum Gasteiger partial charge on any atom is 0.264 e. The van der Waals surface area contributed by atoms with Gasteiger partial charge in [0.2, 0.25) is 0 Å². The molecule has 0 saturated carbocycles. The number of hydrogen-bond acceptors (Lipinski definition) is 3. The highest BCUT2D eigenvalue weighted by molar-refractivity contribution is 7.21. The fourth-order valence-corrected chi connectivity index (χ4v) is 4.57. The zero-order chi connectivity index (χ0) is 18.1. The minimum Gasteiger partial charge on any atom is -0.335 e. The molecule has 4 nitrogen and oxygen atoms in total. The third kappa shape index (κ3) is 2.99. The molecular formula is C21H20N2O2S. The van der Waals surface area contributed by atoms with E-state index in [1.54, 1.807) is 11.3 Å². The highest BCUT2D eigenvalue weighted by Crippen LogP contribution is 2.31. The monoisotopic (exact) mass is 364 g/mol. The Morgan fingerprint density at radius 3 is 2.04 bits per heavy atom. The average molecular weight is 364 g/mol. The zero-order valence-electron chi connectivity index (χ0n) is 14.6. The summed E-state index contributed by atoms with van der Waals surface area (Å²) in [7, 11) is 0. The minimum atomic E-state index is 0.0377. The molecule has 2 amide bonds. The SMILES string of the molecule is Cc1c(C(=O)N2CCN(C(=O)c3ccccc3)CC2)sc2ccccc12. The Hall–Kier alpha value is -2.66. The van der Waals surface area contributed by atoms with E-state index in [1.165, 1.54) is 0 Å². The van der Waals surface area contributed by atoms with Gasteiger partial charge in [-0.25, -0.2) is 0 Å². The molecule has 2 aromatic carbocycles. The van der Waals surface area contributed by atoms with Crippen LogP contribution in [-0.2, 0) is 0 Å². The first kappa shape index (κ1) is 16.8. The van der Waals surface area contributed by atoms with Crippen molar-refractivity contribution in [2.24, 2.45) is 0 Å². The van der Waals surface area contributed by atoms with Gasteiger partial charge in [-0.1, -0.05) is 36.4 Å². The van der Waals surface area contributed by atoms with Crippen LogP contribution >= 0.6 is 11.3 Å². The number of benzene rings is 2. The lowest BCUT2D eigenvalue weighted by molar-refractivity contribution is 0.0538. The second-order valence-corrected chi connectivity index (χ2v) is 7.55. The van der Waals surface area contributed by atoms with Gasteiger partial charge in [-0.05, 0) is 36.1 Å². The molecule has 0 aliphatic carbocycles. The van der Waals surface area contributed by atoms with Crippen molar-refractivity contribution in [3.05, 3.63) is 70.6 Å². The van der Waals surface area contributed by atoms with Gasteiger partial charge < -0.3 is 9.80 Å². The fourth-order valence-electron chi connectivity index (χ4n) is 3.40. The molecule has 5 heteroatoms. The molecule has 132 valence electrons. The van der Waals surface area contributed by atoms with Crippen LogP contribution in [0.15, 0.2) is 54.6 Å². The molecule has 26 heavy (non-hydrogen) atoms. The van der Waals surface area contributed by atoms with E-state index in [1.807, 2.05) is 59.2 Å². The standard InChI is InChI=1S/C21H20N2O2S/c1-15-17-9-5-6-10-18(17)26-19(15)21(25)23-13-11-22(12-14-23)20(24)16-7-3-2-4-8-16/h2-10H,11-14H2,1H3. The molecule has 1 aliphatic rings. The Labute approximate surface area is 156 Å². The summed E-state index contributed by atoms with van der Waals surface area (Å²) >= 11 is 1.56. The summed E-state index contributed by atoms with van der Waals surface area (Å²) in [6.45, 7) is 4.31. The summed E-state index contributed by atoms with van der Waals surface area (Å²) in [6.07, 6.45) is 0. The third-order valence-corrected chi connectivity index (χ3v) is 6.17. The summed E-state index contributed by atoms with van der Waals surface area (Å²) < 4.78 is 1.14. The van der Waals surface area contributed by atoms with Crippen LogP contribution in [0.25, 0.3) is 10.1 Å². The predicted octanol–water partition coefficient (Wildman–Crippen LogP) is 3.81. The second-order valence-electron chi connectivity index (χ2n) is 6.50. The van der Waals surface area contributed by atoms with Crippen LogP contribution in [0.4, 0.5) is 0 Å². The van der Waals surface area contributed by atoms with Crippen molar-refractivity contribution in [2.45, 2.75) is 6.92 Å². The largest absolute Gasteiger partial charge is 0.335 e. The molecule has 4 rings (SSSR count). The molecular weight excluding hydrogens is 344 g/mol. The van der Waals surface area contributed by atoms with Crippen LogP contribution in [0.5, 0.6) is 0 Å². The van der Waals surface area contributed by atoms with Crippen LogP contribution < -0.4 is 0 Å². The first-order valence-electron chi connectivity index (χ1n) is 8.77. The molecule has 0 N–H and O–H groups in total. The molecule has 0 bridgehead atoms. The Balaban J connectivity index is 1.46.